The predicted molar refractivity (Wildman–Crippen MR) is 44.8 cm³/mol. The molecule has 2 heterocycles. The van der Waals surface area contributed by atoms with Crippen LogP contribution in [0.5, 0.6) is 0 Å². The molecule has 0 aromatic heterocycles. The summed E-state index contributed by atoms with van der Waals surface area (Å²) < 4.78 is 21.2. The van der Waals surface area contributed by atoms with E-state index in [-0.39, 0.29) is 12.2 Å². The Morgan fingerprint density at radius 1 is 1.00 bits per heavy atom. The molecule has 2 aliphatic rings. The molecule has 2 saturated heterocycles. The van der Waals surface area contributed by atoms with Gasteiger partial charge in [0.05, 0.1) is 13.2 Å². The van der Waals surface area contributed by atoms with Gasteiger partial charge in [0, 0.05) is 0 Å². The Hall–Kier alpha value is -0.680. The number of ether oxygens (including phenoxy) is 4. The Kier molecular flexibility index (Phi) is 2.21. The van der Waals surface area contributed by atoms with Crippen molar-refractivity contribution >= 4 is 0 Å². The van der Waals surface area contributed by atoms with E-state index in [1.54, 1.807) is 12.2 Å². The van der Waals surface area contributed by atoms with E-state index in [1.165, 1.54) is 0 Å². The van der Waals surface area contributed by atoms with Crippen molar-refractivity contribution in [1.29, 1.82) is 0 Å². The summed E-state index contributed by atoms with van der Waals surface area (Å²) in [6.45, 7) is 8.02. The molecule has 0 bridgehead atoms. The standard InChI is InChI=1S/C9H12O4/c1-3-7-5-10-9(12-7)11-6-8(4-2)13-9/h3-4,7-8H,1-2,5-6H2. The van der Waals surface area contributed by atoms with E-state index >= 15 is 0 Å². The average Bonchev–Trinajstić information content (AvgIpc) is 2.74. The minimum atomic E-state index is -1.31. The molecule has 2 fully saturated rings. The fourth-order valence-electron chi connectivity index (χ4n) is 1.25. The zero-order valence-electron chi connectivity index (χ0n) is 7.27. The highest BCUT2D eigenvalue weighted by Gasteiger charge is 2.50. The molecule has 0 N–H and O–H groups in total. The first-order valence-corrected chi connectivity index (χ1v) is 4.16. The third-order valence-corrected chi connectivity index (χ3v) is 1.97. The summed E-state index contributed by atoms with van der Waals surface area (Å²) in [6, 6.07) is 0. The Bertz CT molecular complexity index is 202. The first-order chi connectivity index (χ1) is 6.28. The largest absolute Gasteiger partial charge is 0.414 e. The highest BCUT2D eigenvalue weighted by molar-refractivity contribution is 4.88. The van der Waals surface area contributed by atoms with Crippen molar-refractivity contribution in [1.82, 2.24) is 0 Å². The maximum atomic E-state index is 5.36. The van der Waals surface area contributed by atoms with Crippen molar-refractivity contribution < 1.29 is 18.9 Å². The fourth-order valence-corrected chi connectivity index (χ4v) is 1.25. The highest BCUT2D eigenvalue weighted by atomic mass is 17.1. The van der Waals surface area contributed by atoms with Gasteiger partial charge < -0.3 is 9.47 Å². The van der Waals surface area contributed by atoms with Gasteiger partial charge >= 0.3 is 6.16 Å². The lowest BCUT2D eigenvalue weighted by atomic mass is 10.4. The van der Waals surface area contributed by atoms with E-state index in [9.17, 15) is 0 Å². The lowest BCUT2D eigenvalue weighted by Crippen LogP contribution is -2.32. The normalized spacial score (nSPS) is 44.0. The summed E-state index contributed by atoms with van der Waals surface area (Å²) in [4.78, 5) is 0. The average molecular weight is 184 g/mol. The van der Waals surface area contributed by atoms with Crippen molar-refractivity contribution in [2.75, 3.05) is 13.2 Å². The maximum absolute atomic E-state index is 5.36. The molecular weight excluding hydrogens is 172 g/mol. The van der Waals surface area contributed by atoms with Crippen LogP contribution in [0.15, 0.2) is 25.3 Å². The van der Waals surface area contributed by atoms with Crippen LogP contribution in [0.2, 0.25) is 0 Å². The van der Waals surface area contributed by atoms with Crippen molar-refractivity contribution in [3.05, 3.63) is 25.3 Å². The molecule has 2 aliphatic heterocycles. The summed E-state index contributed by atoms with van der Waals surface area (Å²) >= 11 is 0. The molecule has 4 nitrogen and oxygen atoms in total. The van der Waals surface area contributed by atoms with Gasteiger partial charge in [0.1, 0.15) is 12.2 Å². The third kappa shape index (κ3) is 1.53. The van der Waals surface area contributed by atoms with Crippen LogP contribution in [0.25, 0.3) is 0 Å². The van der Waals surface area contributed by atoms with Gasteiger partial charge in [-0.05, 0) is 0 Å². The van der Waals surface area contributed by atoms with Crippen molar-refractivity contribution in [3.63, 3.8) is 0 Å². The molecule has 0 amide bonds. The van der Waals surface area contributed by atoms with Crippen LogP contribution < -0.4 is 0 Å². The number of hydrogen-bond donors (Lipinski definition) is 0. The predicted octanol–water partition coefficient (Wildman–Crippen LogP) is 0.800. The smallest absolute Gasteiger partial charge is 0.300 e. The van der Waals surface area contributed by atoms with Crippen LogP contribution in [-0.2, 0) is 18.9 Å². The van der Waals surface area contributed by atoms with Crippen LogP contribution in [0, 0.1) is 0 Å². The molecule has 0 aliphatic carbocycles. The van der Waals surface area contributed by atoms with E-state index in [1.807, 2.05) is 0 Å². The molecule has 72 valence electrons. The zero-order valence-corrected chi connectivity index (χ0v) is 7.27. The van der Waals surface area contributed by atoms with Crippen LogP contribution in [-0.4, -0.2) is 31.6 Å². The summed E-state index contributed by atoms with van der Waals surface area (Å²) in [5, 5.41) is 0. The van der Waals surface area contributed by atoms with E-state index in [4.69, 9.17) is 18.9 Å². The molecular formula is C9H12O4. The third-order valence-electron chi connectivity index (χ3n) is 1.97. The summed E-state index contributed by atoms with van der Waals surface area (Å²) in [5.74, 6) is 0. The van der Waals surface area contributed by atoms with E-state index < -0.39 is 6.16 Å². The second-order valence-corrected chi connectivity index (χ2v) is 2.91. The summed E-state index contributed by atoms with van der Waals surface area (Å²) in [5.41, 5.74) is 0. The molecule has 0 radical (unpaired) electrons. The molecule has 2 atom stereocenters. The SMILES string of the molecule is C=CC1COC2(OCC(C=C)O2)O1. The lowest BCUT2D eigenvalue weighted by Gasteiger charge is -2.18. The Labute approximate surface area is 76.7 Å². The van der Waals surface area contributed by atoms with Gasteiger partial charge in [-0.2, -0.15) is 0 Å². The van der Waals surface area contributed by atoms with E-state index in [2.05, 4.69) is 13.2 Å². The maximum Gasteiger partial charge on any atom is 0.414 e. The van der Waals surface area contributed by atoms with E-state index in [0.717, 1.165) is 0 Å². The monoisotopic (exact) mass is 184 g/mol. The molecule has 2 unspecified atom stereocenters. The Morgan fingerprint density at radius 3 is 1.77 bits per heavy atom. The molecule has 0 saturated carbocycles. The molecule has 1 spiro atoms. The number of hydrogen-bond acceptors (Lipinski definition) is 4. The quantitative estimate of drug-likeness (QED) is 0.595. The van der Waals surface area contributed by atoms with Gasteiger partial charge in [-0.1, -0.05) is 12.2 Å². The molecule has 0 aromatic carbocycles. The van der Waals surface area contributed by atoms with Crippen molar-refractivity contribution in [3.8, 4) is 0 Å². The van der Waals surface area contributed by atoms with Crippen LogP contribution in [0.1, 0.15) is 0 Å². The van der Waals surface area contributed by atoms with Gasteiger partial charge in [0.25, 0.3) is 0 Å². The van der Waals surface area contributed by atoms with Gasteiger partial charge in [0.15, 0.2) is 0 Å². The molecule has 4 heteroatoms. The minimum absolute atomic E-state index is 0.163. The fraction of sp³-hybridized carbons (Fsp3) is 0.556. The van der Waals surface area contributed by atoms with Gasteiger partial charge in [0.2, 0.25) is 0 Å². The first-order valence-electron chi connectivity index (χ1n) is 4.16. The van der Waals surface area contributed by atoms with Crippen molar-refractivity contribution in [2.24, 2.45) is 0 Å². The molecule has 0 aromatic rings. The topological polar surface area (TPSA) is 36.9 Å². The Morgan fingerprint density at radius 2 is 1.46 bits per heavy atom. The van der Waals surface area contributed by atoms with Crippen LogP contribution in [0.4, 0.5) is 0 Å². The zero-order chi connectivity index (χ0) is 9.31. The van der Waals surface area contributed by atoms with Crippen LogP contribution in [0.3, 0.4) is 0 Å². The highest BCUT2D eigenvalue weighted by Crippen LogP contribution is 2.33. The first kappa shape index (κ1) is 8.90. The second kappa shape index (κ2) is 3.23. The van der Waals surface area contributed by atoms with Crippen LogP contribution >= 0.6 is 0 Å². The van der Waals surface area contributed by atoms with Crippen molar-refractivity contribution in [2.45, 2.75) is 18.4 Å². The lowest BCUT2D eigenvalue weighted by molar-refractivity contribution is -0.428. The van der Waals surface area contributed by atoms with E-state index in [0.29, 0.717) is 13.2 Å². The van der Waals surface area contributed by atoms with Gasteiger partial charge in [-0.3, -0.25) is 9.47 Å². The van der Waals surface area contributed by atoms with Gasteiger partial charge in [-0.15, -0.1) is 13.2 Å². The summed E-state index contributed by atoms with van der Waals surface area (Å²) in [7, 11) is 0. The minimum Gasteiger partial charge on any atom is -0.300 e. The molecule has 13 heavy (non-hydrogen) atoms. The summed E-state index contributed by atoms with van der Waals surface area (Å²) in [6.07, 6.45) is 1.68. The second-order valence-electron chi connectivity index (χ2n) is 2.91. The van der Waals surface area contributed by atoms with Gasteiger partial charge in [-0.25, -0.2) is 0 Å². The molecule has 2 rings (SSSR count). The Balaban J connectivity index is 2.00. The number of rotatable bonds is 2.